The number of ether oxygens (including phenoxy) is 1. The van der Waals surface area contributed by atoms with Gasteiger partial charge in [-0.05, 0) is 53.6 Å². The molecule has 3 nitrogen and oxygen atoms in total. The highest BCUT2D eigenvalue weighted by Crippen LogP contribution is 2.31. The number of pyridine rings is 1. The van der Waals surface area contributed by atoms with Crippen molar-refractivity contribution in [1.29, 1.82) is 0 Å². The number of aromatic nitrogens is 2. The van der Waals surface area contributed by atoms with Gasteiger partial charge in [-0.3, -0.25) is 4.98 Å². The number of rotatable bonds is 6. The van der Waals surface area contributed by atoms with Gasteiger partial charge < -0.3 is 9.30 Å². The maximum absolute atomic E-state index is 5.43. The maximum Gasteiger partial charge on any atom is 0.119 e. The molecular formula is C28H28N2OS. The van der Waals surface area contributed by atoms with Crippen LogP contribution in [0.25, 0.3) is 21.9 Å². The molecule has 0 N–H and O–H groups in total. The first-order chi connectivity index (χ1) is 15.8. The SMILES string of the molecule is CC.COc1ccc2c(c1)c1ncccc1n2Cc1ccc(SCc2ccccc2)cc1. The standard InChI is InChI=1S/C26H22N2OS.C2H6/c1-29-21-11-14-24-23(16-21)26-25(8-5-15-27-26)28(24)17-19-9-12-22(13-10-19)30-18-20-6-3-2-4-7-20;1-2/h2-16H,17-18H2,1H3;1-2H3. The Bertz CT molecular complexity index is 1290. The van der Waals surface area contributed by atoms with E-state index in [0.29, 0.717) is 0 Å². The third-order valence-electron chi connectivity index (χ3n) is 5.34. The number of fused-ring (bicyclic) bond motifs is 3. The number of hydrogen-bond donors (Lipinski definition) is 0. The Morgan fingerprint density at radius 2 is 1.59 bits per heavy atom. The third kappa shape index (κ3) is 4.66. The molecule has 0 radical (unpaired) electrons. The van der Waals surface area contributed by atoms with Crippen LogP contribution in [0.3, 0.4) is 0 Å². The largest absolute Gasteiger partial charge is 0.497 e. The smallest absolute Gasteiger partial charge is 0.119 e. The fourth-order valence-electron chi connectivity index (χ4n) is 3.80. The lowest BCUT2D eigenvalue weighted by Gasteiger charge is -2.09. The van der Waals surface area contributed by atoms with E-state index in [4.69, 9.17) is 4.74 Å². The van der Waals surface area contributed by atoms with E-state index in [1.54, 1.807) is 7.11 Å². The van der Waals surface area contributed by atoms with Crippen molar-refractivity contribution in [3.63, 3.8) is 0 Å². The van der Waals surface area contributed by atoms with E-state index in [9.17, 15) is 0 Å². The monoisotopic (exact) mass is 440 g/mol. The highest BCUT2D eigenvalue weighted by atomic mass is 32.2. The number of nitrogens with zero attached hydrogens (tertiary/aromatic N) is 2. The lowest BCUT2D eigenvalue weighted by molar-refractivity contribution is 0.415. The van der Waals surface area contributed by atoms with Gasteiger partial charge >= 0.3 is 0 Å². The molecule has 0 bridgehead atoms. The van der Waals surface area contributed by atoms with Gasteiger partial charge in [0, 0.05) is 28.8 Å². The summed E-state index contributed by atoms with van der Waals surface area (Å²) in [6.07, 6.45) is 1.85. The van der Waals surface area contributed by atoms with Crippen LogP contribution in [0, 0.1) is 0 Å². The molecule has 0 amide bonds. The second-order valence-corrected chi connectivity index (χ2v) is 8.31. The molecule has 3 aromatic carbocycles. The molecular weight excluding hydrogens is 412 g/mol. The lowest BCUT2D eigenvalue weighted by atomic mass is 10.2. The van der Waals surface area contributed by atoms with Crippen LogP contribution in [-0.4, -0.2) is 16.7 Å². The Hall–Kier alpha value is -3.24. The van der Waals surface area contributed by atoms with E-state index < -0.39 is 0 Å². The molecule has 32 heavy (non-hydrogen) atoms. The van der Waals surface area contributed by atoms with Crippen molar-refractivity contribution < 1.29 is 4.74 Å². The van der Waals surface area contributed by atoms with Gasteiger partial charge in [-0.1, -0.05) is 56.3 Å². The number of methoxy groups -OCH3 is 1. The van der Waals surface area contributed by atoms with Crippen LogP contribution in [0.15, 0.2) is 96.0 Å². The molecule has 0 aliphatic heterocycles. The molecule has 162 valence electrons. The molecule has 4 heteroatoms. The number of thioether (sulfide) groups is 1. The summed E-state index contributed by atoms with van der Waals surface area (Å²) in [7, 11) is 1.70. The van der Waals surface area contributed by atoms with E-state index >= 15 is 0 Å². The fourth-order valence-corrected chi connectivity index (χ4v) is 4.66. The predicted octanol–water partition coefficient (Wildman–Crippen LogP) is 7.56. The van der Waals surface area contributed by atoms with Gasteiger partial charge in [-0.15, -0.1) is 11.8 Å². The zero-order valence-corrected chi connectivity index (χ0v) is 19.6. The van der Waals surface area contributed by atoms with Crippen LogP contribution < -0.4 is 4.74 Å². The second-order valence-electron chi connectivity index (χ2n) is 7.26. The van der Waals surface area contributed by atoms with Crippen LogP contribution in [-0.2, 0) is 12.3 Å². The third-order valence-corrected chi connectivity index (χ3v) is 6.42. The minimum absolute atomic E-state index is 0.807. The van der Waals surface area contributed by atoms with Gasteiger partial charge in [-0.2, -0.15) is 0 Å². The van der Waals surface area contributed by atoms with Crippen molar-refractivity contribution in [3.8, 4) is 5.75 Å². The van der Waals surface area contributed by atoms with Crippen LogP contribution in [0.4, 0.5) is 0 Å². The average molecular weight is 441 g/mol. The van der Waals surface area contributed by atoms with E-state index in [1.807, 2.05) is 43.9 Å². The van der Waals surface area contributed by atoms with Gasteiger partial charge in [0.25, 0.3) is 0 Å². The fraction of sp³-hybridized carbons (Fsp3) is 0.179. The molecule has 0 spiro atoms. The van der Waals surface area contributed by atoms with Crippen molar-refractivity contribution in [3.05, 3.63) is 102 Å². The van der Waals surface area contributed by atoms with Crippen molar-refractivity contribution in [2.24, 2.45) is 0 Å². The van der Waals surface area contributed by atoms with Gasteiger partial charge in [0.05, 0.1) is 23.7 Å². The molecule has 0 saturated heterocycles. The van der Waals surface area contributed by atoms with Crippen LogP contribution >= 0.6 is 11.8 Å². The number of benzene rings is 3. The molecule has 5 rings (SSSR count). The van der Waals surface area contributed by atoms with Crippen LogP contribution in [0.5, 0.6) is 5.75 Å². The molecule has 2 aromatic heterocycles. The van der Waals surface area contributed by atoms with Gasteiger partial charge in [0.15, 0.2) is 0 Å². The van der Waals surface area contributed by atoms with Gasteiger partial charge in [-0.25, -0.2) is 0 Å². The lowest BCUT2D eigenvalue weighted by Crippen LogP contribution is -1.99. The van der Waals surface area contributed by atoms with E-state index in [1.165, 1.54) is 21.5 Å². The minimum atomic E-state index is 0.807. The van der Waals surface area contributed by atoms with Crippen molar-refractivity contribution in [2.45, 2.75) is 31.0 Å². The minimum Gasteiger partial charge on any atom is -0.497 e. The Balaban J connectivity index is 0.00000119. The van der Waals surface area contributed by atoms with Crippen molar-refractivity contribution in [1.82, 2.24) is 9.55 Å². The summed E-state index contributed by atoms with van der Waals surface area (Å²) in [5.74, 6) is 1.84. The van der Waals surface area contributed by atoms with Crippen LogP contribution in [0.1, 0.15) is 25.0 Å². The zero-order valence-electron chi connectivity index (χ0n) is 18.8. The summed E-state index contributed by atoms with van der Waals surface area (Å²) >= 11 is 1.87. The summed E-state index contributed by atoms with van der Waals surface area (Å²) in [5, 5.41) is 1.12. The van der Waals surface area contributed by atoms with E-state index in [0.717, 1.165) is 34.5 Å². The molecule has 2 heterocycles. The topological polar surface area (TPSA) is 27.1 Å². The molecule has 0 atom stereocenters. The summed E-state index contributed by atoms with van der Waals surface area (Å²) < 4.78 is 7.76. The molecule has 0 unspecified atom stereocenters. The summed E-state index contributed by atoms with van der Waals surface area (Å²) in [4.78, 5) is 5.92. The van der Waals surface area contributed by atoms with Gasteiger partial charge in [0.1, 0.15) is 5.75 Å². The highest BCUT2D eigenvalue weighted by molar-refractivity contribution is 7.98. The number of hydrogen-bond acceptors (Lipinski definition) is 3. The first-order valence-electron chi connectivity index (χ1n) is 11.0. The van der Waals surface area contributed by atoms with Gasteiger partial charge in [0.2, 0.25) is 0 Å². The first kappa shape index (κ1) is 22.0. The summed E-state index contributed by atoms with van der Waals surface area (Å²) in [6, 6.07) is 29.8. The molecule has 0 aliphatic rings. The van der Waals surface area contributed by atoms with Crippen molar-refractivity contribution >= 4 is 33.7 Å². The summed E-state index contributed by atoms with van der Waals surface area (Å²) in [5.41, 5.74) is 5.95. The molecule has 0 aliphatic carbocycles. The second kappa shape index (κ2) is 10.4. The average Bonchev–Trinajstić information content (AvgIpc) is 3.18. The molecule has 0 saturated carbocycles. The quantitative estimate of drug-likeness (QED) is 0.255. The molecule has 0 fully saturated rings. The Morgan fingerprint density at radius 3 is 2.34 bits per heavy atom. The highest BCUT2D eigenvalue weighted by Gasteiger charge is 2.12. The predicted molar refractivity (Wildman–Crippen MR) is 137 cm³/mol. The van der Waals surface area contributed by atoms with E-state index in [2.05, 4.69) is 82.3 Å². The summed E-state index contributed by atoms with van der Waals surface area (Å²) in [6.45, 7) is 4.81. The van der Waals surface area contributed by atoms with Crippen molar-refractivity contribution in [2.75, 3.05) is 7.11 Å². The Labute approximate surface area is 194 Å². The first-order valence-corrected chi connectivity index (χ1v) is 12.0. The maximum atomic E-state index is 5.43. The molecule has 5 aromatic rings. The zero-order chi connectivity index (χ0) is 22.3. The Kier molecular flexibility index (Phi) is 7.13. The Morgan fingerprint density at radius 1 is 0.812 bits per heavy atom. The normalized spacial score (nSPS) is 10.7. The van der Waals surface area contributed by atoms with E-state index in [-0.39, 0.29) is 0 Å². The van der Waals surface area contributed by atoms with Crippen LogP contribution in [0.2, 0.25) is 0 Å².